The lowest BCUT2D eigenvalue weighted by molar-refractivity contribution is 0.0349. The summed E-state index contributed by atoms with van der Waals surface area (Å²) in [7, 11) is 1.42. The highest BCUT2D eigenvalue weighted by Crippen LogP contribution is 2.21. The second kappa shape index (κ2) is 4.76. The molecule has 0 atom stereocenters. The van der Waals surface area contributed by atoms with E-state index >= 15 is 0 Å². The van der Waals surface area contributed by atoms with Gasteiger partial charge in [-0.1, -0.05) is 0 Å². The predicted molar refractivity (Wildman–Crippen MR) is 46.5 cm³/mol. The third-order valence-corrected chi connectivity index (χ3v) is 2.31. The first-order chi connectivity index (χ1) is 4.43. The van der Waals surface area contributed by atoms with E-state index in [2.05, 4.69) is 21.2 Å². The second-order valence-corrected chi connectivity index (χ2v) is 3.37. The molecule has 0 aliphatic carbocycles. The molecule has 0 radical (unpaired) electrons. The van der Waals surface area contributed by atoms with E-state index in [4.69, 9.17) is 8.92 Å². The fourth-order valence-electron chi connectivity index (χ4n) is 0.824. The zero-order valence-corrected chi connectivity index (χ0v) is 7.98. The van der Waals surface area contributed by atoms with Gasteiger partial charge in [0.2, 0.25) is 0 Å². The van der Waals surface area contributed by atoms with Gasteiger partial charge in [-0.25, -0.2) is 0 Å². The maximum Gasteiger partial charge on any atom is 0.0775 e. The molecule has 54 valence electrons. The van der Waals surface area contributed by atoms with E-state index in [0.29, 0.717) is 6.10 Å². The largest absolute Gasteiger partial charge is 0.381 e. The van der Waals surface area contributed by atoms with Crippen LogP contribution in [0.2, 0.25) is 0 Å². The van der Waals surface area contributed by atoms with Crippen LogP contribution in [0.25, 0.3) is 0 Å². The standard InChI is InChI=1S/C5H9IO2S/c6-9-8-5-1-3-7-4-2-5/h5H,1-4H2. The van der Waals surface area contributed by atoms with Crippen molar-refractivity contribution in [1.82, 2.24) is 0 Å². The molecule has 2 nitrogen and oxygen atoms in total. The minimum atomic E-state index is 0.431. The predicted octanol–water partition coefficient (Wildman–Crippen LogP) is 2.18. The minimum absolute atomic E-state index is 0.431. The fraction of sp³-hybridized carbons (Fsp3) is 1.00. The summed E-state index contributed by atoms with van der Waals surface area (Å²) < 4.78 is 10.5. The van der Waals surface area contributed by atoms with Crippen molar-refractivity contribution in [3.05, 3.63) is 0 Å². The molecule has 1 saturated heterocycles. The van der Waals surface area contributed by atoms with Crippen LogP contribution in [0.5, 0.6) is 0 Å². The number of rotatable bonds is 2. The molecule has 1 fully saturated rings. The van der Waals surface area contributed by atoms with Gasteiger partial charge < -0.3 is 8.92 Å². The van der Waals surface area contributed by atoms with Gasteiger partial charge in [0.1, 0.15) is 0 Å². The van der Waals surface area contributed by atoms with E-state index < -0.39 is 0 Å². The molecule has 1 rings (SSSR count). The summed E-state index contributed by atoms with van der Waals surface area (Å²) in [4.78, 5) is 0. The molecule has 0 spiro atoms. The molecule has 0 aromatic carbocycles. The smallest absolute Gasteiger partial charge is 0.0775 e. The Morgan fingerprint density at radius 2 is 2.11 bits per heavy atom. The summed E-state index contributed by atoms with van der Waals surface area (Å²) in [5.74, 6) is 0. The summed E-state index contributed by atoms with van der Waals surface area (Å²) in [6.45, 7) is 1.73. The van der Waals surface area contributed by atoms with Crippen molar-refractivity contribution < 1.29 is 8.92 Å². The van der Waals surface area contributed by atoms with Gasteiger partial charge in [0, 0.05) is 34.4 Å². The minimum Gasteiger partial charge on any atom is -0.381 e. The van der Waals surface area contributed by atoms with Gasteiger partial charge in [0.15, 0.2) is 0 Å². The van der Waals surface area contributed by atoms with Crippen molar-refractivity contribution in [1.29, 1.82) is 0 Å². The van der Waals surface area contributed by atoms with Gasteiger partial charge in [0.25, 0.3) is 0 Å². The van der Waals surface area contributed by atoms with Crippen molar-refractivity contribution in [3.8, 4) is 0 Å². The van der Waals surface area contributed by atoms with Crippen LogP contribution in [-0.2, 0) is 8.92 Å². The lowest BCUT2D eigenvalue weighted by Gasteiger charge is -2.19. The van der Waals surface area contributed by atoms with Crippen molar-refractivity contribution >= 4 is 30.4 Å². The highest BCUT2D eigenvalue weighted by molar-refractivity contribution is 14.2. The maximum atomic E-state index is 5.31. The Bertz CT molecular complexity index is 72.6. The number of hydrogen-bond donors (Lipinski definition) is 0. The Morgan fingerprint density at radius 3 is 2.67 bits per heavy atom. The van der Waals surface area contributed by atoms with Crippen molar-refractivity contribution in [2.24, 2.45) is 0 Å². The van der Waals surface area contributed by atoms with Gasteiger partial charge in [0.05, 0.1) is 15.3 Å². The molecular formula is C5H9IO2S. The first-order valence-corrected chi connectivity index (χ1v) is 6.23. The molecule has 1 aliphatic rings. The summed E-state index contributed by atoms with van der Waals surface area (Å²) in [6, 6.07) is 0. The molecule has 1 aliphatic heterocycles. The fourth-order valence-corrected chi connectivity index (χ4v) is 2.00. The highest BCUT2D eigenvalue weighted by Gasteiger charge is 2.13. The van der Waals surface area contributed by atoms with Gasteiger partial charge >= 0.3 is 0 Å². The average Bonchev–Trinajstić information content (AvgIpc) is 1.91. The van der Waals surface area contributed by atoms with Crippen molar-refractivity contribution in [3.63, 3.8) is 0 Å². The summed E-state index contributed by atoms with van der Waals surface area (Å²) in [5.41, 5.74) is 0. The monoisotopic (exact) mass is 260 g/mol. The zero-order chi connectivity index (χ0) is 6.53. The van der Waals surface area contributed by atoms with Crippen LogP contribution in [0.1, 0.15) is 12.8 Å². The van der Waals surface area contributed by atoms with Crippen LogP contribution >= 0.6 is 30.4 Å². The van der Waals surface area contributed by atoms with E-state index in [9.17, 15) is 0 Å². The van der Waals surface area contributed by atoms with Crippen molar-refractivity contribution in [2.45, 2.75) is 18.9 Å². The molecule has 0 aromatic rings. The molecular weight excluding hydrogens is 251 g/mol. The zero-order valence-electron chi connectivity index (χ0n) is 5.01. The molecule has 4 heteroatoms. The van der Waals surface area contributed by atoms with Crippen LogP contribution in [0.4, 0.5) is 0 Å². The normalized spacial score (nSPS) is 22.3. The molecule has 1 heterocycles. The Balaban J connectivity index is 2.08. The average molecular weight is 260 g/mol. The molecule has 0 N–H and O–H groups in total. The van der Waals surface area contributed by atoms with Crippen molar-refractivity contribution in [2.75, 3.05) is 13.2 Å². The Kier molecular flexibility index (Phi) is 4.28. The third kappa shape index (κ3) is 3.06. The summed E-state index contributed by atoms with van der Waals surface area (Å²) in [5, 5.41) is 0. The van der Waals surface area contributed by atoms with Crippen LogP contribution < -0.4 is 0 Å². The molecule has 0 bridgehead atoms. The molecule has 0 saturated carbocycles. The first kappa shape index (κ1) is 8.10. The second-order valence-electron chi connectivity index (χ2n) is 1.97. The lowest BCUT2D eigenvalue weighted by Crippen LogP contribution is -2.20. The van der Waals surface area contributed by atoms with Gasteiger partial charge in [-0.2, -0.15) is 0 Å². The number of ether oxygens (including phenoxy) is 1. The Morgan fingerprint density at radius 1 is 1.44 bits per heavy atom. The summed E-state index contributed by atoms with van der Waals surface area (Å²) in [6.07, 6.45) is 2.53. The van der Waals surface area contributed by atoms with Gasteiger partial charge in [-0.05, 0) is 12.8 Å². The van der Waals surface area contributed by atoms with E-state index in [1.165, 1.54) is 9.21 Å². The van der Waals surface area contributed by atoms with Crippen LogP contribution in [0.3, 0.4) is 0 Å². The van der Waals surface area contributed by atoms with Gasteiger partial charge in [-0.15, -0.1) is 0 Å². The Labute approximate surface area is 71.5 Å². The van der Waals surface area contributed by atoms with Crippen LogP contribution in [0, 0.1) is 0 Å². The lowest BCUT2D eigenvalue weighted by atomic mass is 10.2. The van der Waals surface area contributed by atoms with E-state index in [1.54, 1.807) is 0 Å². The highest BCUT2D eigenvalue weighted by atomic mass is 127. The molecule has 0 unspecified atom stereocenters. The molecule has 0 amide bonds. The van der Waals surface area contributed by atoms with E-state index in [0.717, 1.165) is 26.1 Å². The maximum absolute atomic E-state index is 5.31. The number of halogens is 1. The van der Waals surface area contributed by atoms with Crippen LogP contribution in [-0.4, -0.2) is 19.3 Å². The summed E-state index contributed by atoms with van der Waals surface area (Å²) >= 11 is 2.14. The topological polar surface area (TPSA) is 18.5 Å². The third-order valence-electron chi connectivity index (χ3n) is 1.34. The SMILES string of the molecule is ISOC1CCOCC1. The first-order valence-electron chi connectivity index (χ1n) is 2.95. The molecule has 9 heavy (non-hydrogen) atoms. The van der Waals surface area contributed by atoms with Crippen LogP contribution in [0.15, 0.2) is 0 Å². The van der Waals surface area contributed by atoms with E-state index in [1.807, 2.05) is 0 Å². The molecule has 0 aromatic heterocycles. The quantitative estimate of drug-likeness (QED) is 0.560. The Hall–Kier alpha value is 1.00. The van der Waals surface area contributed by atoms with E-state index in [-0.39, 0.29) is 0 Å². The van der Waals surface area contributed by atoms with Gasteiger partial charge in [-0.3, -0.25) is 0 Å². The number of hydrogen-bond acceptors (Lipinski definition) is 3.